The first kappa shape index (κ1) is 19.5. The Hall–Kier alpha value is -3.25. The standard InChI is InChI=1S/C21H20ClN3O3/c1-27-18-9-7-14(11-19(18)28-2)12-23-15-8-10-20(24-13-15)25-21(26)16-5-3-4-6-17(16)22/h3-11,13,23H,12H2,1-2H3,(H,24,25,26). The van der Waals surface area contributed by atoms with Crippen molar-refractivity contribution in [2.45, 2.75) is 6.54 Å². The zero-order valence-electron chi connectivity index (χ0n) is 15.5. The second-order valence-electron chi connectivity index (χ2n) is 5.91. The summed E-state index contributed by atoms with van der Waals surface area (Å²) in [6.07, 6.45) is 1.66. The molecule has 0 bridgehead atoms. The van der Waals surface area contributed by atoms with Gasteiger partial charge >= 0.3 is 0 Å². The van der Waals surface area contributed by atoms with E-state index in [-0.39, 0.29) is 5.91 Å². The van der Waals surface area contributed by atoms with Gasteiger partial charge in [0.25, 0.3) is 5.91 Å². The Balaban J connectivity index is 1.60. The Morgan fingerprint density at radius 1 is 1.04 bits per heavy atom. The average Bonchev–Trinajstić information content (AvgIpc) is 2.73. The molecule has 0 saturated carbocycles. The maximum atomic E-state index is 12.3. The van der Waals surface area contributed by atoms with Crippen LogP contribution in [0, 0.1) is 0 Å². The Bertz CT molecular complexity index is 961. The highest BCUT2D eigenvalue weighted by atomic mass is 35.5. The molecule has 0 spiro atoms. The molecule has 3 aromatic rings. The number of halogens is 1. The van der Waals surface area contributed by atoms with Crippen molar-refractivity contribution in [3.05, 3.63) is 76.9 Å². The maximum absolute atomic E-state index is 12.3. The summed E-state index contributed by atoms with van der Waals surface area (Å²) < 4.78 is 10.6. The normalized spacial score (nSPS) is 10.2. The molecule has 2 aromatic carbocycles. The summed E-state index contributed by atoms with van der Waals surface area (Å²) >= 11 is 6.04. The van der Waals surface area contributed by atoms with E-state index in [0.29, 0.717) is 34.4 Å². The summed E-state index contributed by atoms with van der Waals surface area (Å²) in [5.41, 5.74) is 2.26. The van der Waals surface area contributed by atoms with Gasteiger partial charge in [-0.15, -0.1) is 0 Å². The van der Waals surface area contributed by atoms with Gasteiger partial charge in [-0.3, -0.25) is 4.79 Å². The van der Waals surface area contributed by atoms with Gasteiger partial charge in [-0.25, -0.2) is 4.98 Å². The number of anilines is 2. The first-order valence-corrected chi connectivity index (χ1v) is 8.95. The van der Waals surface area contributed by atoms with Crippen LogP contribution < -0.4 is 20.1 Å². The van der Waals surface area contributed by atoms with Crippen molar-refractivity contribution in [3.8, 4) is 11.5 Å². The maximum Gasteiger partial charge on any atom is 0.258 e. The molecule has 0 saturated heterocycles. The number of pyridine rings is 1. The molecule has 1 aromatic heterocycles. The summed E-state index contributed by atoms with van der Waals surface area (Å²) in [5.74, 6) is 1.51. The van der Waals surface area contributed by atoms with Crippen molar-refractivity contribution in [2.24, 2.45) is 0 Å². The van der Waals surface area contributed by atoms with Gasteiger partial charge in [-0.1, -0.05) is 29.8 Å². The van der Waals surface area contributed by atoms with Gasteiger partial charge in [0.2, 0.25) is 0 Å². The predicted molar refractivity (Wildman–Crippen MR) is 111 cm³/mol. The highest BCUT2D eigenvalue weighted by molar-refractivity contribution is 6.34. The molecule has 0 atom stereocenters. The lowest BCUT2D eigenvalue weighted by Gasteiger charge is -2.11. The van der Waals surface area contributed by atoms with Gasteiger partial charge in [0.05, 0.1) is 36.7 Å². The molecular formula is C21H20ClN3O3. The Morgan fingerprint density at radius 2 is 1.82 bits per heavy atom. The molecule has 0 unspecified atom stereocenters. The number of rotatable bonds is 7. The number of nitrogens with zero attached hydrogens (tertiary/aromatic N) is 1. The lowest BCUT2D eigenvalue weighted by Crippen LogP contribution is -2.13. The Kier molecular flexibility index (Phi) is 6.34. The molecular weight excluding hydrogens is 378 g/mol. The monoisotopic (exact) mass is 397 g/mol. The summed E-state index contributed by atoms with van der Waals surface area (Å²) in [4.78, 5) is 16.5. The quantitative estimate of drug-likeness (QED) is 0.608. The largest absolute Gasteiger partial charge is 0.493 e. The fraction of sp³-hybridized carbons (Fsp3) is 0.143. The number of benzene rings is 2. The van der Waals surface area contributed by atoms with Crippen molar-refractivity contribution < 1.29 is 14.3 Å². The minimum atomic E-state index is -0.302. The molecule has 1 amide bonds. The lowest BCUT2D eigenvalue weighted by atomic mass is 10.2. The molecule has 28 heavy (non-hydrogen) atoms. The number of amides is 1. The highest BCUT2D eigenvalue weighted by Crippen LogP contribution is 2.27. The van der Waals surface area contributed by atoms with Crippen LogP contribution in [-0.2, 0) is 6.54 Å². The number of aromatic nitrogens is 1. The predicted octanol–water partition coefficient (Wildman–Crippen LogP) is 4.62. The first-order chi connectivity index (χ1) is 13.6. The molecule has 6 nitrogen and oxygen atoms in total. The van der Waals surface area contributed by atoms with Gasteiger partial charge in [0.1, 0.15) is 5.82 Å². The van der Waals surface area contributed by atoms with Crippen LogP contribution in [0.2, 0.25) is 5.02 Å². The van der Waals surface area contributed by atoms with Crippen LogP contribution in [0.4, 0.5) is 11.5 Å². The fourth-order valence-corrected chi connectivity index (χ4v) is 2.82. The minimum Gasteiger partial charge on any atom is -0.493 e. The Morgan fingerprint density at radius 3 is 2.50 bits per heavy atom. The third-order valence-corrected chi connectivity index (χ3v) is 4.40. The summed E-state index contributed by atoms with van der Waals surface area (Å²) in [6.45, 7) is 0.591. The van der Waals surface area contributed by atoms with Crippen LogP contribution in [0.15, 0.2) is 60.8 Å². The smallest absolute Gasteiger partial charge is 0.258 e. The number of methoxy groups -OCH3 is 2. The number of carbonyl (C=O) groups excluding carboxylic acids is 1. The Labute approximate surface area is 168 Å². The molecule has 0 radical (unpaired) electrons. The second-order valence-corrected chi connectivity index (χ2v) is 6.32. The van der Waals surface area contributed by atoms with Crippen LogP contribution >= 0.6 is 11.6 Å². The number of hydrogen-bond donors (Lipinski definition) is 2. The highest BCUT2D eigenvalue weighted by Gasteiger charge is 2.10. The SMILES string of the molecule is COc1ccc(CNc2ccc(NC(=O)c3ccccc3Cl)nc2)cc1OC. The first-order valence-electron chi connectivity index (χ1n) is 8.57. The summed E-state index contributed by atoms with van der Waals surface area (Å²) in [6, 6.07) is 16.2. The van der Waals surface area contributed by atoms with E-state index in [1.165, 1.54) is 0 Å². The van der Waals surface area contributed by atoms with E-state index in [9.17, 15) is 4.79 Å². The van der Waals surface area contributed by atoms with E-state index in [1.54, 1.807) is 50.7 Å². The van der Waals surface area contributed by atoms with E-state index in [0.717, 1.165) is 11.3 Å². The van der Waals surface area contributed by atoms with Crippen LogP contribution in [0.1, 0.15) is 15.9 Å². The van der Waals surface area contributed by atoms with E-state index in [2.05, 4.69) is 15.6 Å². The van der Waals surface area contributed by atoms with E-state index in [4.69, 9.17) is 21.1 Å². The molecule has 144 valence electrons. The molecule has 0 aliphatic heterocycles. The van der Waals surface area contributed by atoms with Crippen LogP contribution in [0.5, 0.6) is 11.5 Å². The molecule has 2 N–H and O–H groups in total. The van der Waals surface area contributed by atoms with Crippen molar-refractivity contribution >= 4 is 29.0 Å². The van der Waals surface area contributed by atoms with Gasteiger partial charge < -0.3 is 20.1 Å². The van der Waals surface area contributed by atoms with Crippen molar-refractivity contribution in [1.82, 2.24) is 4.98 Å². The van der Waals surface area contributed by atoms with E-state index < -0.39 is 0 Å². The third-order valence-electron chi connectivity index (χ3n) is 4.07. The lowest BCUT2D eigenvalue weighted by molar-refractivity contribution is 0.102. The number of hydrogen-bond acceptors (Lipinski definition) is 5. The molecule has 0 fully saturated rings. The van der Waals surface area contributed by atoms with Crippen LogP contribution in [0.25, 0.3) is 0 Å². The van der Waals surface area contributed by atoms with Crippen molar-refractivity contribution in [3.63, 3.8) is 0 Å². The molecule has 3 rings (SSSR count). The van der Waals surface area contributed by atoms with E-state index in [1.807, 2.05) is 24.3 Å². The number of ether oxygens (including phenoxy) is 2. The second kappa shape index (κ2) is 9.10. The summed E-state index contributed by atoms with van der Waals surface area (Å²) in [5, 5.41) is 6.41. The molecule has 0 aliphatic rings. The number of carbonyl (C=O) groups is 1. The number of nitrogens with one attached hydrogen (secondary N) is 2. The zero-order chi connectivity index (χ0) is 19.9. The van der Waals surface area contributed by atoms with Crippen molar-refractivity contribution in [2.75, 3.05) is 24.9 Å². The molecule has 7 heteroatoms. The fourth-order valence-electron chi connectivity index (χ4n) is 2.60. The third kappa shape index (κ3) is 4.72. The van der Waals surface area contributed by atoms with Crippen LogP contribution in [-0.4, -0.2) is 25.1 Å². The minimum absolute atomic E-state index is 0.302. The average molecular weight is 398 g/mol. The van der Waals surface area contributed by atoms with Gasteiger partial charge in [0.15, 0.2) is 11.5 Å². The van der Waals surface area contributed by atoms with E-state index >= 15 is 0 Å². The van der Waals surface area contributed by atoms with Crippen LogP contribution in [0.3, 0.4) is 0 Å². The zero-order valence-corrected chi connectivity index (χ0v) is 16.3. The molecule has 0 aliphatic carbocycles. The summed E-state index contributed by atoms with van der Waals surface area (Å²) in [7, 11) is 3.21. The van der Waals surface area contributed by atoms with Gasteiger partial charge in [-0.05, 0) is 42.0 Å². The van der Waals surface area contributed by atoms with Gasteiger partial charge in [0, 0.05) is 6.54 Å². The topological polar surface area (TPSA) is 72.5 Å². The van der Waals surface area contributed by atoms with Crippen molar-refractivity contribution in [1.29, 1.82) is 0 Å². The van der Waals surface area contributed by atoms with Gasteiger partial charge in [-0.2, -0.15) is 0 Å². The molecule has 1 heterocycles.